The third kappa shape index (κ3) is 6.87. The summed E-state index contributed by atoms with van der Waals surface area (Å²) in [7, 11) is 0. The molecule has 1 aromatic heterocycles. The SMILES string of the molecule is CCNc1ncc(Cl)c(NCCCCCCSC)n1. The molecule has 0 unspecified atom stereocenters. The first-order chi connectivity index (χ1) is 9.27. The van der Waals surface area contributed by atoms with Crippen molar-refractivity contribution in [3.8, 4) is 0 Å². The predicted octanol–water partition coefficient (Wildman–Crippen LogP) is 3.90. The van der Waals surface area contributed by atoms with Gasteiger partial charge in [0.15, 0.2) is 0 Å². The van der Waals surface area contributed by atoms with Crippen LogP contribution < -0.4 is 10.6 Å². The van der Waals surface area contributed by atoms with Gasteiger partial charge >= 0.3 is 0 Å². The Morgan fingerprint density at radius 3 is 2.74 bits per heavy atom. The summed E-state index contributed by atoms with van der Waals surface area (Å²) < 4.78 is 0. The molecule has 0 aliphatic rings. The summed E-state index contributed by atoms with van der Waals surface area (Å²) in [5, 5.41) is 6.92. The van der Waals surface area contributed by atoms with E-state index in [4.69, 9.17) is 11.6 Å². The highest BCUT2D eigenvalue weighted by molar-refractivity contribution is 7.98. The molecule has 19 heavy (non-hydrogen) atoms. The van der Waals surface area contributed by atoms with E-state index < -0.39 is 0 Å². The molecule has 0 spiro atoms. The standard InChI is InChI=1S/C13H23ClN4S/c1-3-15-13-17-10-11(14)12(18-13)16-8-6-4-5-7-9-19-2/h10H,3-9H2,1-2H3,(H2,15,16,17,18). The van der Waals surface area contributed by atoms with Crippen LogP contribution in [0.25, 0.3) is 0 Å². The summed E-state index contributed by atoms with van der Waals surface area (Å²) in [6.45, 7) is 3.72. The van der Waals surface area contributed by atoms with Crippen molar-refractivity contribution >= 4 is 35.1 Å². The van der Waals surface area contributed by atoms with Gasteiger partial charge < -0.3 is 10.6 Å². The number of unbranched alkanes of at least 4 members (excludes halogenated alkanes) is 3. The molecule has 0 aromatic carbocycles. The molecule has 0 fully saturated rings. The van der Waals surface area contributed by atoms with Crippen LogP contribution in [-0.2, 0) is 0 Å². The van der Waals surface area contributed by atoms with Crippen molar-refractivity contribution in [1.82, 2.24) is 9.97 Å². The average molecular weight is 303 g/mol. The molecule has 4 nitrogen and oxygen atoms in total. The van der Waals surface area contributed by atoms with Crippen LogP contribution in [0.4, 0.5) is 11.8 Å². The van der Waals surface area contributed by atoms with Crippen LogP contribution in [0.15, 0.2) is 6.20 Å². The van der Waals surface area contributed by atoms with E-state index in [0.29, 0.717) is 11.0 Å². The highest BCUT2D eigenvalue weighted by atomic mass is 35.5. The van der Waals surface area contributed by atoms with E-state index in [1.54, 1.807) is 6.20 Å². The molecule has 1 aromatic rings. The number of nitrogens with one attached hydrogen (secondary N) is 2. The third-order valence-electron chi connectivity index (χ3n) is 2.65. The Morgan fingerprint density at radius 1 is 1.21 bits per heavy atom. The lowest BCUT2D eigenvalue weighted by molar-refractivity contribution is 0.688. The maximum Gasteiger partial charge on any atom is 0.224 e. The lowest BCUT2D eigenvalue weighted by Gasteiger charge is -2.09. The Labute approximate surface area is 125 Å². The fourth-order valence-corrected chi connectivity index (χ4v) is 2.32. The number of thioether (sulfide) groups is 1. The summed E-state index contributed by atoms with van der Waals surface area (Å²) in [4.78, 5) is 8.45. The number of aromatic nitrogens is 2. The summed E-state index contributed by atoms with van der Waals surface area (Å²) in [6.07, 6.45) is 8.78. The number of rotatable bonds is 10. The fourth-order valence-electron chi connectivity index (χ4n) is 1.67. The van der Waals surface area contributed by atoms with Crippen LogP contribution in [0.3, 0.4) is 0 Å². The van der Waals surface area contributed by atoms with E-state index in [1.807, 2.05) is 18.7 Å². The highest BCUT2D eigenvalue weighted by Gasteiger charge is 2.03. The van der Waals surface area contributed by atoms with Crippen LogP contribution >= 0.6 is 23.4 Å². The Hall–Kier alpha value is -0.680. The highest BCUT2D eigenvalue weighted by Crippen LogP contribution is 2.19. The molecule has 2 N–H and O–H groups in total. The number of hydrogen-bond donors (Lipinski definition) is 2. The minimum atomic E-state index is 0.573. The van der Waals surface area contributed by atoms with E-state index in [0.717, 1.165) is 25.3 Å². The van der Waals surface area contributed by atoms with Gasteiger partial charge in [0.25, 0.3) is 0 Å². The number of halogens is 1. The number of nitrogens with zero attached hydrogens (tertiary/aromatic N) is 2. The Balaban J connectivity index is 2.26. The molecule has 0 bridgehead atoms. The maximum atomic E-state index is 6.06. The van der Waals surface area contributed by atoms with Gasteiger partial charge in [-0.3, -0.25) is 0 Å². The van der Waals surface area contributed by atoms with Gasteiger partial charge in [0.1, 0.15) is 10.8 Å². The van der Waals surface area contributed by atoms with Crippen molar-refractivity contribution < 1.29 is 0 Å². The number of hydrogen-bond acceptors (Lipinski definition) is 5. The predicted molar refractivity (Wildman–Crippen MR) is 86.5 cm³/mol. The average Bonchev–Trinajstić information content (AvgIpc) is 2.41. The quantitative estimate of drug-likeness (QED) is 0.642. The van der Waals surface area contributed by atoms with Crippen LogP contribution in [0, 0.1) is 0 Å². The monoisotopic (exact) mass is 302 g/mol. The minimum Gasteiger partial charge on any atom is -0.369 e. The second-order valence-electron chi connectivity index (χ2n) is 4.25. The molecular weight excluding hydrogens is 280 g/mol. The van der Waals surface area contributed by atoms with Gasteiger partial charge in [-0.15, -0.1) is 0 Å². The zero-order valence-corrected chi connectivity index (χ0v) is 13.3. The van der Waals surface area contributed by atoms with Crippen molar-refractivity contribution in [1.29, 1.82) is 0 Å². The van der Waals surface area contributed by atoms with E-state index in [-0.39, 0.29) is 0 Å². The molecule has 0 aliphatic carbocycles. The molecule has 0 saturated heterocycles. The molecular formula is C13H23ClN4S. The summed E-state index contributed by atoms with van der Waals surface area (Å²) in [5.41, 5.74) is 0. The van der Waals surface area contributed by atoms with Gasteiger partial charge in [0.05, 0.1) is 6.20 Å². The van der Waals surface area contributed by atoms with Gasteiger partial charge in [-0.1, -0.05) is 24.4 Å². The van der Waals surface area contributed by atoms with Crippen molar-refractivity contribution in [3.05, 3.63) is 11.2 Å². The van der Waals surface area contributed by atoms with E-state index in [9.17, 15) is 0 Å². The smallest absolute Gasteiger partial charge is 0.224 e. The van der Waals surface area contributed by atoms with E-state index >= 15 is 0 Å². The second kappa shape index (κ2) is 10.1. The van der Waals surface area contributed by atoms with Crippen molar-refractivity contribution in [3.63, 3.8) is 0 Å². The minimum absolute atomic E-state index is 0.573. The molecule has 0 saturated carbocycles. The zero-order chi connectivity index (χ0) is 13.9. The molecule has 0 amide bonds. The third-order valence-corrected chi connectivity index (χ3v) is 3.62. The normalized spacial score (nSPS) is 10.5. The second-order valence-corrected chi connectivity index (χ2v) is 5.65. The molecule has 108 valence electrons. The molecule has 1 rings (SSSR count). The van der Waals surface area contributed by atoms with Crippen LogP contribution in [0.5, 0.6) is 0 Å². The molecule has 6 heteroatoms. The van der Waals surface area contributed by atoms with Gasteiger partial charge in [-0.25, -0.2) is 4.98 Å². The van der Waals surface area contributed by atoms with Crippen molar-refractivity contribution in [2.75, 3.05) is 35.7 Å². The van der Waals surface area contributed by atoms with Gasteiger partial charge in [-0.05, 0) is 31.8 Å². The first kappa shape index (κ1) is 16.4. The van der Waals surface area contributed by atoms with Crippen LogP contribution in [0.1, 0.15) is 32.6 Å². The first-order valence-electron chi connectivity index (χ1n) is 6.77. The number of anilines is 2. The summed E-state index contributed by atoms with van der Waals surface area (Å²) >= 11 is 7.97. The molecule has 0 radical (unpaired) electrons. The largest absolute Gasteiger partial charge is 0.369 e. The molecule has 0 aliphatic heterocycles. The van der Waals surface area contributed by atoms with Crippen LogP contribution in [-0.4, -0.2) is 35.1 Å². The lowest BCUT2D eigenvalue weighted by Crippen LogP contribution is -2.08. The van der Waals surface area contributed by atoms with Gasteiger partial charge in [-0.2, -0.15) is 16.7 Å². The zero-order valence-electron chi connectivity index (χ0n) is 11.7. The van der Waals surface area contributed by atoms with Gasteiger partial charge in [0.2, 0.25) is 5.95 Å². The van der Waals surface area contributed by atoms with E-state index in [2.05, 4.69) is 26.9 Å². The van der Waals surface area contributed by atoms with Crippen molar-refractivity contribution in [2.45, 2.75) is 32.6 Å². The maximum absolute atomic E-state index is 6.06. The summed E-state index contributed by atoms with van der Waals surface area (Å²) in [5.74, 6) is 2.60. The first-order valence-corrected chi connectivity index (χ1v) is 8.54. The summed E-state index contributed by atoms with van der Waals surface area (Å²) in [6, 6.07) is 0. The Bertz CT molecular complexity index is 362. The van der Waals surface area contributed by atoms with Crippen molar-refractivity contribution in [2.24, 2.45) is 0 Å². The topological polar surface area (TPSA) is 49.8 Å². The Morgan fingerprint density at radius 2 is 2.00 bits per heavy atom. The van der Waals surface area contributed by atoms with Crippen LogP contribution in [0.2, 0.25) is 5.02 Å². The van der Waals surface area contributed by atoms with Gasteiger partial charge in [0, 0.05) is 13.1 Å². The lowest BCUT2D eigenvalue weighted by atomic mass is 10.2. The fraction of sp³-hybridized carbons (Fsp3) is 0.692. The molecule has 1 heterocycles. The van der Waals surface area contributed by atoms with E-state index in [1.165, 1.54) is 25.0 Å². The Kier molecular flexibility index (Phi) is 8.75. The molecule has 0 atom stereocenters.